The van der Waals surface area contributed by atoms with Crippen molar-refractivity contribution in [1.82, 2.24) is 4.72 Å². The Morgan fingerprint density at radius 1 is 1.11 bits per heavy atom. The summed E-state index contributed by atoms with van der Waals surface area (Å²) in [5.74, 6) is 0.873. The molecule has 9 heteroatoms. The van der Waals surface area contributed by atoms with Gasteiger partial charge >= 0.3 is 0 Å². The van der Waals surface area contributed by atoms with Crippen molar-refractivity contribution in [2.45, 2.75) is 17.9 Å². The number of amides is 1. The molecule has 1 aliphatic heterocycles. The van der Waals surface area contributed by atoms with Gasteiger partial charge in [0.2, 0.25) is 15.9 Å². The summed E-state index contributed by atoms with van der Waals surface area (Å²) >= 11 is 0. The van der Waals surface area contributed by atoms with E-state index in [-0.39, 0.29) is 17.3 Å². The Morgan fingerprint density at radius 3 is 2.44 bits per heavy atom. The number of anilines is 1. The largest absolute Gasteiger partial charge is 0.486 e. The average molecular weight is 392 g/mol. The third-order valence-corrected chi connectivity index (χ3v) is 5.34. The van der Waals surface area contributed by atoms with E-state index in [4.69, 9.17) is 9.47 Å². The summed E-state index contributed by atoms with van der Waals surface area (Å²) in [4.78, 5) is 11.0. The summed E-state index contributed by atoms with van der Waals surface area (Å²) in [5.41, 5.74) is 1.01. The van der Waals surface area contributed by atoms with Crippen LogP contribution in [0.2, 0.25) is 0 Å². The van der Waals surface area contributed by atoms with E-state index in [1.165, 1.54) is 31.2 Å². The van der Waals surface area contributed by atoms with Crippen molar-refractivity contribution >= 4 is 21.6 Å². The minimum Gasteiger partial charge on any atom is -0.486 e. The quantitative estimate of drug-likeness (QED) is 0.685. The number of nitrogens with one attached hydrogen (secondary N) is 2. The maximum Gasteiger partial charge on any atom is 0.240 e. The number of benzene rings is 2. The van der Waals surface area contributed by atoms with E-state index >= 15 is 0 Å². The molecule has 0 radical (unpaired) electrons. The standard InChI is InChI=1S/C18H20N2O6S/c1-12(21)20-14-3-5-15(6-4-14)27(23,24)19-11-16(22)13-2-7-17-18(10-13)26-9-8-25-17/h2-7,10,16,19,22H,8-9,11H2,1H3,(H,20,21). The van der Waals surface area contributed by atoms with Crippen LogP contribution in [0, 0.1) is 0 Å². The highest BCUT2D eigenvalue weighted by atomic mass is 32.2. The first-order valence-corrected chi connectivity index (χ1v) is 9.78. The van der Waals surface area contributed by atoms with Crippen LogP contribution >= 0.6 is 0 Å². The highest BCUT2D eigenvalue weighted by molar-refractivity contribution is 7.89. The van der Waals surface area contributed by atoms with Crippen LogP contribution in [0.4, 0.5) is 5.69 Å². The molecule has 0 spiro atoms. The van der Waals surface area contributed by atoms with Gasteiger partial charge in [-0.15, -0.1) is 0 Å². The van der Waals surface area contributed by atoms with Gasteiger partial charge in [0, 0.05) is 19.2 Å². The predicted molar refractivity (Wildman–Crippen MR) is 98.3 cm³/mol. The van der Waals surface area contributed by atoms with Crippen LogP contribution in [0.25, 0.3) is 0 Å². The van der Waals surface area contributed by atoms with E-state index in [0.29, 0.717) is 36.0 Å². The molecule has 0 aromatic heterocycles. The van der Waals surface area contributed by atoms with E-state index in [0.717, 1.165) is 0 Å². The summed E-state index contributed by atoms with van der Waals surface area (Å²) in [5, 5.41) is 12.9. The number of carbonyl (C=O) groups is 1. The molecule has 2 aromatic rings. The topological polar surface area (TPSA) is 114 Å². The summed E-state index contributed by atoms with van der Waals surface area (Å²) in [6.45, 7) is 2.06. The molecule has 1 unspecified atom stereocenters. The molecule has 1 aliphatic rings. The number of aliphatic hydroxyl groups excluding tert-OH is 1. The Bertz CT molecular complexity index is 927. The maximum atomic E-state index is 12.4. The molecule has 0 aliphatic carbocycles. The molecule has 3 rings (SSSR count). The monoisotopic (exact) mass is 392 g/mol. The SMILES string of the molecule is CC(=O)Nc1ccc(S(=O)(=O)NCC(O)c2ccc3c(c2)OCCO3)cc1. The van der Waals surface area contributed by atoms with E-state index in [9.17, 15) is 18.3 Å². The van der Waals surface area contributed by atoms with Gasteiger partial charge in [0.1, 0.15) is 13.2 Å². The molecule has 144 valence electrons. The zero-order valence-corrected chi connectivity index (χ0v) is 15.5. The third-order valence-electron chi connectivity index (χ3n) is 3.90. The molecule has 3 N–H and O–H groups in total. The number of ether oxygens (including phenoxy) is 2. The molecule has 0 saturated carbocycles. The van der Waals surface area contributed by atoms with Gasteiger partial charge in [-0.1, -0.05) is 6.07 Å². The summed E-state index contributed by atoms with van der Waals surface area (Å²) in [6.07, 6.45) is -1.05. The van der Waals surface area contributed by atoms with E-state index in [2.05, 4.69) is 10.0 Å². The Labute approximate surface area is 157 Å². The molecule has 27 heavy (non-hydrogen) atoms. The molecule has 2 aromatic carbocycles. The smallest absolute Gasteiger partial charge is 0.240 e. The molecule has 1 amide bonds. The minimum atomic E-state index is -3.80. The number of carbonyl (C=O) groups excluding carboxylic acids is 1. The molecule has 0 bridgehead atoms. The number of hydrogen-bond acceptors (Lipinski definition) is 6. The lowest BCUT2D eigenvalue weighted by Gasteiger charge is -2.20. The number of sulfonamides is 1. The molecule has 0 saturated heterocycles. The zero-order chi connectivity index (χ0) is 19.4. The lowest BCUT2D eigenvalue weighted by atomic mass is 10.1. The lowest BCUT2D eigenvalue weighted by molar-refractivity contribution is -0.114. The molecular formula is C18H20N2O6S. The third kappa shape index (κ3) is 4.76. The molecular weight excluding hydrogens is 372 g/mol. The van der Waals surface area contributed by atoms with Crippen LogP contribution in [0.5, 0.6) is 11.5 Å². The van der Waals surface area contributed by atoms with E-state index in [1.807, 2.05) is 0 Å². The molecule has 8 nitrogen and oxygen atoms in total. The average Bonchev–Trinajstić information content (AvgIpc) is 2.66. The Balaban J connectivity index is 1.65. The Kier molecular flexibility index (Phi) is 5.64. The van der Waals surface area contributed by atoms with Crippen molar-refractivity contribution < 1.29 is 27.8 Å². The van der Waals surface area contributed by atoms with Gasteiger partial charge in [-0.3, -0.25) is 4.79 Å². The van der Waals surface area contributed by atoms with Crippen LogP contribution in [-0.2, 0) is 14.8 Å². The van der Waals surface area contributed by atoms with E-state index in [1.54, 1.807) is 18.2 Å². The first-order chi connectivity index (χ1) is 12.8. The van der Waals surface area contributed by atoms with Crippen LogP contribution in [0.15, 0.2) is 47.4 Å². The first kappa shape index (κ1) is 19.2. The Morgan fingerprint density at radius 2 is 1.78 bits per heavy atom. The van der Waals surface area contributed by atoms with Crippen molar-refractivity contribution in [3.63, 3.8) is 0 Å². The molecule has 1 atom stereocenters. The second-order valence-corrected chi connectivity index (χ2v) is 7.74. The maximum absolute atomic E-state index is 12.4. The van der Waals surface area contributed by atoms with Gasteiger partial charge in [-0.2, -0.15) is 0 Å². The van der Waals surface area contributed by atoms with E-state index < -0.39 is 16.1 Å². The fourth-order valence-corrected chi connectivity index (χ4v) is 3.62. The summed E-state index contributed by atoms with van der Waals surface area (Å²) < 4.78 is 38.0. The fourth-order valence-electron chi connectivity index (χ4n) is 2.58. The van der Waals surface area contributed by atoms with Gasteiger partial charge in [0.05, 0.1) is 11.0 Å². The van der Waals surface area contributed by atoms with Crippen molar-refractivity contribution in [2.75, 3.05) is 25.1 Å². The van der Waals surface area contributed by atoms with Crippen molar-refractivity contribution in [3.8, 4) is 11.5 Å². The van der Waals surface area contributed by atoms with Crippen LogP contribution in [-0.4, -0.2) is 39.2 Å². The van der Waals surface area contributed by atoms with Gasteiger partial charge in [-0.25, -0.2) is 13.1 Å². The zero-order valence-electron chi connectivity index (χ0n) is 14.6. The van der Waals surface area contributed by atoms with Crippen LogP contribution in [0.1, 0.15) is 18.6 Å². The van der Waals surface area contributed by atoms with Crippen molar-refractivity contribution in [3.05, 3.63) is 48.0 Å². The number of hydrogen-bond donors (Lipinski definition) is 3. The normalized spacial score (nSPS) is 14.4. The second kappa shape index (κ2) is 7.95. The highest BCUT2D eigenvalue weighted by Crippen LogP contribution is 2.32. The van der Waals surface area contributed by atoms with Crippen LogP contribution < -0.4 is 19.5 Å². The molecule has 1 heterocycles. The highest BCUT2D eigenvalue weighted by Gasteiger charge is 2.19. The van der Waals surface area contributed by atoms with Crippen molar-refractivity contribution in [1.29, 1.82) is 0 Å². The summed E-state index contributed by atoms with van der Waals surface area (Å²) in [7, 11) is -3.80. The minimum absolute atomic E-state index is 0.0333. The number of aliphatic hydroxyl groups is 1. The lowest BCUT2D eigenvalue weighted by Crippen LogP contribution is -2.28. The number of rotatable bonds is 6. The Hall–Kier alpha value is -2.62. The number of fused-ring (bicyclic) bond motifs is 1. The van der Waals surface area contributed by atoms with Crippen LogP contribution in [0.3, 0.4) is 0 Å². The fraction of sp³-hybridized carbons (Fsp3) is 0.278. The van der Waals surface area contributed by atoms with Gasteiger partial charge in [0.15, 0.2) is 11.5 Å². The predicted octanol–water partition coefficient (Wildman–Crippen LogP) is 1.43. The van der Waals surface area contributed by atoms with Gasteiger partial charge in [0.25, 0.3) is 0 Å². The van der Waals surface area contributed by atoms with Gasteiger partial charge < -0.3 is 19.9 Å². The van der Waals surface area contributed by atoms with Gasteiger partial charge in [-0.05, 0) is 42.0 Å². The molecule has 0 fully saturated rings. The first-order valence-electron chi connectivity index (χ1n) is 8.30. The van der Waals surface area contributed by atoms with Crippen molar-refractivity contribution in [2.24, 2.45) is 0 Å². The summed E-state index contributed by atoms with van der Waals surface area (Å²) in [6, 6.07) is 10.7. The second-order valence-electron chi connectivity index (χ2n) is 5.98.